The van der Waals surface area contributed by atoms with Gasteiger partial charge in [-0.05, 0) is 77.0 Å². The zero-order valence-corrected chi connectivity index (χ0v) is 42.1. The van der Waals surface area contributed by atoms with Crippen molar-refractivity contribution < 1.29 is 28.6 Å². The lowest BCUT2D eigenvalue weighted by Gasteiger charge is -2.18. The van der Waals surface area contributed by atoms with E-state index in [-0.39, 0.29) is 31.1 Å². The molecule has 0 aromatic rings. The molecule has 0 fully saturated rings. The number of hydrogen-bond donors (Lipinski definition) is 0. The largest absolute Gasteiger partial charge is 0.462 e. The number of unbranched alkanes of at least 4 members (excludes halogenated alkanes) is 33. The smallest absolute Gasteiger partial charge is 0.306 e. The van der Waals surface area contributed by atoms with Crippen LogP contribution in [0.4, 0.5) is 0 Å². The molecule has 0 saturated carbocycles. The summed E-state index contributed by atoms with van der Waals surface area (Å²) >= 11 is 0. The molecule has 0 N–H and O–H groups in total. The number of carbonyl (C=O) groups is 3. The Hall–Kier alpha value is -2.37. The zero-order chi connectivity index (χ0) is 45.8. The van der Waals surface area contributed by atoms with Crippen LogP contribution in [0.25, 0.3) is 0 Å². The summed E-state index contributed by atoms with van der Waals surface area (Å²) in [5, 5.41) is 0. The molecule has 0 aromatic carbocycles. The Morgan fingerprint density at radius 3 is 0.921 bits per heavy atom. The first kappa shape index (κ1) is 60.6. The lowest BCUT2D eigenvalue weighted by molar-refractivity contribution is -0.167. The van der Waals surface area contributed by atoms with Crippen molar-refractivity contribution in [3.05, 3.63) is 36.5 Å². The van der Waals surface area contributed by atoms with Crippen LogP contribution in [0.1, 0.15) is 290 Å². The van der Waals surface area contributed by atoms with Gasteiger partial charge in [-0.15, -0.1) is 0 Å². The van der Waals surface area contributed by atoms with Gasteiger partial charge in [0.15, 0.2) is 6.10 Å². The maximum absolute atomic E-state index is 12.8. The molecule has 1 unspecified atom stereocenters. The van der Waals surface area contributed by atoms with Gasteiger partial charge >= 0.3 is 17.9 Å². The Morgan fingerprint density at radius 1 is 0.317 bits per heavy atom. The molecular formula is C57H104O6. The van der Waals surface area contributed by atoms with Crippen molar-refractivity contribution in [3.8, 4) is 0 Å². The molecule has 0 aromatic heterocycles. The van der Waals surface area contributed by atoms with E-state index in [4.69, 9.17) is 14.2 Å². The minimum atomic E-state index is -0.776. The van der Waals surface area contributed by atoms with Crippen LogP contribution in [0.2, 0.25) is 0 Å². The number of esters is 3. The Labute approximate surface area is 391 Å². The molecule has 0 saturated heterocycles. The second kappa shape index (κ2) is 52.3. The molecule has 0 aliphatic heterocycles. The fourth-order valence-electron chi connectivity index (χ4n) is 7.94. The summed E-state index contributed by atoms with van der Waals surface area (Å²) < 4.78 is 16.8. The van der Waals surface area contributed by atoms with E-state index < -0.39 is 6.10 Å². The Bertz CT molecular complexity index is 1060. The lowest BCUT2D eigenvalue weighted by atomic mass is 10.1. The Morgan fingerprint density at radius 2 is 0.571 bits per heavy atom. The summed E-state index contributed by atoms with van der Waals surface area (Å²) in [6, 6.07) is 0. The van der Waals surface area contributed by atoms with E-state index in [2.05, 4.69) is 57.2 Å². The third-order valence-corrected chi connectivity index (χ3v) is 12.1. The molecule has 368 valence electrons. The Kier molecular flexibility index (Phi) is 50.3. The van der Waals surface area contributed by atoms with Gasteiger partial charge in [-0.1, -0.05) is 231 Å². The van der Waals surface area contributed by atoms with Crippen LogP contribution in [-0.4, -0.2) is 37.2 Å². The topological polar surface area (TPSA) is 78.9 Å². The maximum Gasteiger partial charge on any atom is 0.306 e. The normalized spacial score (nSPS) is 12.2. The summed E-state index contributed by atoms with van der Waals surface area (Å²) in [4.78, 5) is 38.0. The lowest BCUT2D eigenvalue weighted by Crippen LogP contribution is -2.30. The monoisotopic (exact) mass is 885 g/mol. The minimum absolute atomic E-state index is 0.0754. The first-order valence-corrected chi connectivity index (χ1v) is 27.5. The highest BCUT2D eigenvalue weighted by atomic mass is 16.6. The van der Waals surface area contributed by atoms with E-state index in [1.807, 2.05) is 0 Å². The van der Waals surface area contributed by atoms with Crippen LogP contribution < -0.4 is 0 Å². The standard InChI is InChI=1S/C57H104O6/c1-4-7-10-13-16-19-22-24-26-27-28-29-31-32-35-38-41-44-47-50-56(59)62-53-54(52-61-55(58)49-46-43-40-37-34-21-18-15-12-9-6-3)63-57(60)51-48-45-42-39-36-33-30-25-23-20-17-14-11-8-5-2/h17,20,24-26,30,54H,4-16,18-19,21-23,27-29,31-53H2,1-3H3/b20-17-,26-24-,30-25-. The van der Waals surface area contributed by atoms with Crippen LogP contribution in [0.3, 0.4) is 0 Å². The van der Waals surface area contributed by atoms with Gasteiger partial charge in [0.2, 0.25) is 0 Å². The highest BCUT2D eigenvalue weighted by Gasteiger charge is 2.19. The molecule has 6 heteroatoms. The molecule has 0 amide bonds. The van der Waals surface area contributed by atoms with Gasteiger partial charge in [-0.2, -0.15) is 0 Å². The third kappa shape index (κ3) is 50.5. The molecule has 0 heterocycles. The van der Waals surface area contributed by atoms with Gasteiger partial charge in [0.1, 0.15) is 13.2 Å². The van der Waals surface area contributed by atoms with Crippen molar-refractivity contribution >= 4 is 17.9 Å². The average molecular weight is 885 g/mol. The fraction of sp³-hybridized carbons (Fsp3) is 0.842. The van der Waals surface area contributed by atoms with E-state index in [9.17, 15) is 14.4 Å². The van der Waals surface area contributed by atoms with Crippen LogP contribution in [0.15, 0.2) is 36.5 Å². The number of hydrogen-bond acceptors (Lipinski definition) is 6. The summed E-state index contributed by atoms with van der Waals surface area (Å²) in [7, 11) is 0. The van der Waals surface area contributed by atoms with Crippen LogP contribution in [0.5, 0.6) is 0 Å². The van der Waals surface area contributed by atoms with Gasteiger partial charge in [0.25, 0.3) is 0 Å². The van der Waals surface area contributed by atoms with E-state index in [1.165, 1.54) is 167 Å². The molecule has 0 aliphatic carbocycles. The van der Waals surface area contributed by atoms with Crippen molar-refractivity contribution in [2.45, 2.75) is 297 Å². The van der Waals surface area contributed by atoms with Gasteiger partial charge < -0.3 is 14.2 Å². The first-order valence-electron chi connectivity index (χ1n) is 27.5. The van der Waals surface area contributed by atoms with Crippen LogP contribution >= 0.6 is 0 Å². The molecule has 0 bridgehead atoms. The quantitative estimate of drug-likeness (QED) is 0.0262. The predicted molar refractivity (Wildman–Crippen MR) is 270 cm³/mol. The van der Waals surface area contributed by atoms with Crippen molar-refractivity contribution in [3.63, 3.8) is 0 Å². The third-order valence-electron chi connectivity index (χ3n) is 12.1. The molecule has 0 radical (unpaired) electrons. The molecule has 6 nitrogen and oxygen atoms in total. The van der Waals surface area contributed by atoms with E-state index in [1.54, 1.807) is 0 Å². The van der Waals surface area contributed by atoms with Crippen molar-refractivity contribution in [2.24, 2.45) is 0 Å². The molecular weight excluding hydrogens is 781 g/mol. The van der Waals surface area contributed by atoms with Gasteiger partial charge in [0, 0.05) is 19.3 Å². The summed E-state index contributed by atoms with van der Waals surface area (Å²) in [5.41, 5.74) is 0. The molecule has 1 atom stereocenters. The maximum atomic E-state index is 12.8. The van der Waals surface area contributed by atoms with Crippen LogP contribution in [-0.2, 0) is 28.6 Å². The van der Waals surface area contributed by atoms with Crippen LogP contribution in [0, 0.1) is 0 Å². The number of allylic oxidation sites excluding steroid dienone is 6. The SMILES string of the molecule is CCCCC/C=C\C/C=C\CCCCCCCC(=O)OC(COC(=O)CCCCCCCCCCC/C=C\CCCCCCCC)COC(=O)CCCCCCCCCCCCC. The zero-order valence-electron chi connectivity index (χ0n) is 42.1. The molecule has 63 heavy (non-hydrogen) atoms. The average Bonchev–Trinajstić information content (AvgIpc) is 3.28. The van der Waals surface area contributed by atoms with Crippen molar-refractivity contribution in [2.75, 3.05) is 13.2 Å². The summed E-state index contributed by atoms with van der Waals surface area (Å²) in [5.74, 6) is -0.880. The van der Waals surface area contributed by atoms with E-state index in [0.29, 0.717) is 19.3 Å². The van der Waals surface area contributed by atoms with E-state index in [0.717, 1.165) is 83.5 Å². The van der Waals surface area contributed by atoms with Gasteiger partial charge in [-0.3, -0.25) is 14.4 Å². The molecule has 0 aliphatic rings. The molecule has 0 rings (SSSR count). The highest BCUT2D eigenvalue weighted by Crippen LogP contribution is 2.15. The number of ether oxygens (including phenoxy) is 3. The Balaban J connectivity index is 4.32. The summed E-state index contributed by atoms with van der Waals surface area (Å²) in [6.45, 7) is 6.62. The number of rotatable bonds is 50. The number of carbonyl (C=O) groups excluding carboxylic acids is 3. The molecule has 0 spiro atoms. The van der Waals surface area contributed by atoms with Crippen molar-refractivity contribution in [1.29, 1.82) is 0 Å². The van der Waals surface area contributed by atoms with Gasteiger partial charge in [-0.25, -0.2) is 0 Å². The second-order valence-corrected chi connectivity index (χ2v) is 18.5. The predicted octanol–water partition coefficient (Wildman–Crippen LogP) is 18.1. The fourth-order valence-corrected chi connectivity index (χ4v) is 7.94. The first-order chi connectivity index (χ1) is 31.0. The van der Waals surface area contributed by atoms with Crippen molar-refractivity contribution in [1.82, 2.24) is 0 Å². The second-order valence-electron chi connectivity index (χ2n) is 18.5. The van der Waals surface area contributed by atoms with Gasteiger partial charge in [0.05, 0.1) is 0 Å². The van der Waals surface area contributed by atoms with E-state index >= 15 is 0 Å². The summed E-state index contributed by atoms with van der Waals surface area (Å²) in [6.07, 6.45) is 61.3. The highest BCUT2D eigenvalue weighted by molar-refractivity contribution is 5.71. The minimum Gasteiger partial charge on any atom is -0.462 e.